The lowest BCUT2D eigenvalue weighted by atomic mass is 10.0. The molecule has 1 unspecified atom stereocenters. The summed E-state index contributed by atoms with van der Waals surface area (Å²) in [5, 5.41) is 5.79. The van der Waals surface area contributed by atoms with Crippen LogP contribution in [0, 0.1) is 0 Å². The summed E-state index contributed by atoms with van der Waals surface area (Å²) >= 11 is 0. The fourth-order valence-corrected chi connectivity index (χ4v) is 3.76. The van der Waals surface area contributed by atoms with Crippen LogP contribution < -0.4 is 15.4 Å². The number of carbonyl (C=O) groups excluding carboxylic acids is 2. The van der Waals surface area contributed by atoms with Gasteiger partial charge in [-0.25, -0.2) is 0 Å². The van der Waals surface area contributed by atoms with Crippen molar-refractivity contribution in [2.75, 3.05) is 19.8 Å². The van der Waals surface area contributed by atoms with E-state index < -0.39 is 12.2 Å². The number of fused-ring (bicyclic) bond motifs is 1. The van der Waals surface area contributed by atoms with E-state index in [2.05, 4.69) is 21.9 Å². The van der Waals surface area contributed by atoms with Gasteiger partial charge in [-0.15, -0.1) is 0 Å². The smallest absolute Gasteiger partial charge is 0.394 e. The van der Waals surface area contributed by atoms with E-state index in [-0.39, 0.29) is 36.3 Å². The molecule has 194 valence electrons. The van der Waals surface area contributed by atoms with E-state index >= 15 is 0 Å². The summed E-state index contributed by atoms with van der Waals surface area (Å²) in [6.45, 7) is 6.36. The molecule has 0 saturated heterocycles. The summed E-state index contributed by atoms with van der Waals surface area (Å²) in [6.07, 6.45) is -1.49. The minimum Gasteiger partial charge on any atom is -0.433 e. The first-order chi connectivity index (χ1) is 17.2. The molecule has 0 saturated carbocycles. The second-order valence-corrected chi connectivity index (χ2v) is 8.60. The van der Waals surface area contributed by atoms with E-state index in [9.17, 15) is 18.4 Å². The van der Waals surface area contributed by atoms with E-state index in [0.29, 0.717) is 50.7 Å². The molecule has 0 spiro atoms. The fourth-order valence-electron chi connectivity index (χ4n) is 3.76. The van der Waals surface area contributed by atoms with E-state index in [4.69, 9.17) is 9.47 Å². The van der Waals surface area contributed by atoms with Gasteiger partial charge in [-0.05, 0) is 48.6 Å². The topological polar surface area (TPSA) is 85.9 Å². The van der Waals surface area contributed by atoms with Crippen molar-refractivity contribution >= 4 is 11.7 Å². The summed E-state index contributed by atoms with van der Waals surface area (Å²) in [5.41, 5.74) is 1.90. The number of Topliss-reactive ketones (excluding diaryl/α,β-unsaturated/α-hetero) is 1. The molecule has 9 heteroatoms. The first-order valence-corrected chi connectivity index (χ1v) is 11.9. The van der Waals surface area contributed by atoms with Crippen LogP contribution in [0.15, 0.2) is 60.8 Å². The van der Waals surface area contributed by atoms with Crippen LogP contribution in [-0.2, 0) is 27.4 Å². The van der Waals surface area contributed by atoms with Gasteiger partial charge in [0, 0.05) is 25.6 Å². The van der Waals surface area contributed by atoms with Crippen LogP contribution in [0.25, 0.3) is 0 Å². The van der Waals surface area contributed by atoms with Gasteiger partial charge < -0.3 is 24.8 Å². The second kappa shape index (κ2) is 13.1. The SMILES string of the molecule is C=C(NCc1cccc(OC(C)(F)F)c1)C(=O)C1CCCCOCCOCc2ccccc2C(=O)N1. The zero-order valence-corrected chi connectivity index (χ0v) is 20.4. The van der Waals surface area contributed by atoms with Crippen LogP contribution in [0.4, 0.5) is 8.78 Å². The van der Waals surface area contributed by atoms with Gasteiger partial charge >= 0.3 is 6.11 Å². The molecule has 2 aromatic carbocycles. The zero-order valence-electron chi connectivity index (χ0n) is 20.4. The number of ketones is 1. The molecule has 7 nitrogen and oxygen atoms in total. The van der Waals surface area contributed by atoms with E-state index in [1.54, 1.807) is 24.3 Å². The molecule has 0 fully saturated rings. The normalized spacial score (nSPS) is 17.8. The Hall–Kier alpha value is -3.30. The molecule has 1 heterocycles. The van der Waals surface area contributed by atoms with Crippen LogP contribution in [0.3, 0.4) is 0 Å². The maximum Gasteiger partial charge on any atom is 0.394 e. The number of benzene rings is 2. The van der Waals surface area contributed by atoms with Crippen molar-refractivity contribution in [2.45, 2.75) is 51.5 Å². The molecular formula is C27H32F2N2O5. The third kappa shape index (κ3) is 8.73. The van der Waals surface area contributed by atoms with Gasteiger partial charge in [0.1, 0.15) is 5.75 Å². The molecule has 36 heavy (non-hydrogen) atoms. The highest BCUT2D eigenvalue weighted by Gasteiger charge is 2.25. The van der Waals surface area contributed by atoms with Gasteiger partial charge in [0.2, 0.25) is 0 Å². The van der Waals surface area contributed by atoms with Crippen LogP contribution in [0.1, 0.15) is 47.7 Å². The Kier molecular flexibility index (Phi) is 9.95. The van der Waals surface area contributed by atoms with Crippen LogP contribution in [0.2, 0.25) is 0 Å². The van der Waals surface area contributed by atoms with Crippen LogP contribution >= 0.6 is 0 Å². The monoisotopic (exact) mass is 502 g/mol. The van der Waals surface area contributed by atoms with Crippen molar-refractivity contribution in [3.63, 3.8) is 0 Å². The molecule has 2 aromatic rings. The van der Waals surface area contributed by atoms with E-state index in [1.807, 2.05) is 12.1 Å². The van der Waals surface area contributed by atoms with Gasteiger partial charge in [-0.1, -0.05) is 36.9 Å². The number of hydrogen-bond acceptors (Lipinski definition) is 6. The maximum absolute atomic E-state index is 13.2. The molecular weight excluding hydrogens is 470 g/mol. The van der Waals surface area contributed by atoms with Gasteiger partial charge in [0.05, 0.1) is 31.6 Å². The predicted molar refractivity (Wildman–Crippen MR) is 131 cm³/mol. The van der Waals surface area contributed by atoms with Crippen molar-refractivity contribution in [3.8, 4) is 5.75 Å². The lowest BCUT2D eigenvalue weighted by molar-refractivity contribution is -0.159. The molecule has 2 N–H and O–H groups in total. The third-order valence-corrected chi connectivity index (χ3v) is 5.54. The van der Waals surface area contributed by atoms with E-state index in [0.717, 1.165) is 12.0 Å². The molecule has 0 radical (unpaired) electrons. The number of carbonyl (C=O) groups is 2. The Bertz CT molecular complexity index is 1050. The van der Waals surface area contributed by atoms with Crippen molar-refractivity contribution in [1.82, 2.24) is 10.6 Å². The number of alkyl halides is 2. The Morgan fingerprint density at radius 1 is 1.14 bits per heavy atom. The summed E-state index contributed by atoms with van der Waals surface area (Å²) in [4.78, 5) is 26.3. The molecule has 1 aliphatic heterocycles. The average Bonchev–Trinajstić information content (AvgIpc) is 2.84. The number of nitrogens with one attached hydrogen (secondary N) is 2. The minimum absolute atomic E-state index is 0.0156. The molecule has 0 aromatic heterocycles. The molecule has 0 aliphatic carbocycles. The number of ether oxygens (including phenoxy) is 3. The molecule has 1 atom stereocenters. The highest BCUT2D eigenvalue weighted by molar-refractivity contribution is 6.03. The molecule has 3 rings (SSSR count). The molecule has 1 amide bonds. The van der Waals surface area contributed by atoms with Crippen molar-refractivity contribution in [3.05, 3.63) is 77.5 Å². The number of amides is 1. The Morgan fingerprint density at radius 3 is 2.72 bits per heavy atom. The number of hydrogen-bond donors (Lipinski definition) is 2. The zero-order chi connectivity index (χ0) is 26.0. The standard InChI is InChI=1S/C27H32F2N2O5/c1-19(30-17-20-8-7-10-22(16-20)36-27(2,28)29)25(32)24-12-5-6-13-34-14-15-35-18-21-9-3-4-11-23(21)26(33)31-24/h3-4,7-11,16,24,30H,1,5-6,12-15,17-18H2,2H3,(H,31,33). The summed E-state index contributed by atoms with van der Waals surface area (Å²) < 4.78 is 42.1. The average molecular weight is 503 g/mol. The minimum atomic E-state index is -3.30. The summed E-state index contributed by atoms with van der Waals surface area (Å²) in [5.74, 6) is -0.696. The van der Waals surface area contributed by atoms with Gasteiger partial charge in [0.25, 0.3) is 5.91 Å². The van der Waals surface area contributed by atoms with Crippen molar-refractivity contribution in [1.29, 1.82) is 0 Å². The van der Waals surface area contributed by atoms with Gasteiger partial charge in [0.15, 0.2) is 5.78 Å². The Balaban J connectivity index is 1.68. The summed E-state index contributed by atoms with van der Waals surface area (Å²) in [6, 6.07) is 12.5. The number of halogens is 2. The predicted octanol–water partition coefficient (Wildman–Crippen LogP) is 4.37. The van der Waals surface area contributed by atoms with Gasteiger partial charge in [-0.3, -0.25) is 9.59 Å². The summed E-state index contributed by atoms with van der Waals surface area (Å²) in [7, 11) is 0. The fraction of sp³-hybridized carbons (Fsp3) is 0.407. The van der Waals surface area contributed by atoms with Gasteiger partial charge in [-0.2, -0.15) is 8.78 Å². The van der Waals surface area contributed by atoms with Crippen LogP contribution in [0.5, 0.6) is 5.75 Å². The largest absolute Gasteiger partial charge is 0.433 e. The highest BCUT2D eigenvalue weighted by Crippen LogP contribution is 2.22. The molecule has 1 aliphatic rings. The highest BCUT2D eigenvalue weighted by atomic mass is 19.3. The lowest BCUT2D eigenvalue weighted by Gasteiger charge is -2.21. The third-order valence-electron chi connectivity index (χ3n) is 5.54. The maximum atomic E-state index is 13.2. The van der Waals surface area contributed by atoms with Crippen molar-refractivity contribution < 1.29 is 32.6 Å². The number of rotatable bonds is 7. The Morgan fingerprint density at radius 2 is 1.92 bits per heavy atom. The van der Waals surface area contributed by atoms with Crippen molar-refractivity contribution in [2.24, 2.45) is 0 Å². The quantitative estimate of drug-likeness (QED) is 0.547. The van der Waals surface area contributed by atoms with Crippen LogP contribution in [-0.4, -0.2) is 43.7 Å². The first-order valence-electron chi connectivity index (χ1n) is 11.9. The Labute approximate surface area is 209 Å². The van der Waals surface area contributed by atoms with E-state index in [1.165, 1.54) is 12.1 Å². The second-order valence-electron chi connectivity index (χ2n) is 8.60. The molecule has 0 bridgehead atoms. The lowest BCUT2D eigenvalue weighted by Crippen LogP contribution is -2.43. The first kappa shape index (κ1) is 27.3.